The first-order valence-corrected chi connectivity index (χ1v) is 10.4. The summed E-state index contributed by atoms with van der Waals surface area (Å²) in [6.45, 7) is 1.75. The van der Waals surface area contributed by atoms with Crippen molar-refractivity contribution in [3.05, 3.63) is 63.2 Å². The molecule has 1 atom stereocenters. The number of rotatable bonds is 5. The van der Waals surface area contributed by atoms with Crippen LogP contribution >= 0.6 is 11.6 Å². The molecule has 10 heteroatoms. The number of amides is 1. The lowest BCUT2D eigenvalue weighted by molar-refractivity contribution is -0.385. The second kappa shape index (κ2) is 7.86. The summed E-state index contributed by atoms with van der Waals surface area (Å²) >= 11 is 5.82. The Hall–Kier alpha value is -2.49. The second-order valence-corrected chi connectivity index (χ2v) is 8.75. The van der Waals surface area contributed by atoms with E-state index in [0.717, 1.165) is 4.31 Å². The van der Waals surface area contributed by atoms with E-state index < -0.39 is 26.9 Å². The minimum Gasteiger partial charge on any atom is -0.324 e. The van der Waals surface area contributed by atoms with E-state index >= 15 is 0 Å². The van der Waals surface area contributed by atoms with Crippen molar-refractivity contribution >= 4 is 38.9 Å². The topological polar surface area (TPSA) is 110 Å². The van der Waals surface area contributed by atoms with Crippen LogP contribution in [0.5, 0.6) is 0 Å². The molecule has 1 aliphatic rings. The first-order valence-electron chi connectivity index (χ1n) is 8.54. The van der Waals surface area contributed by atoms with Gasteiger partial charge in [-0.1, -0.05) is 17.7 Å². The van der Waals surface area contributed by atoms with Gasteiger partial charge in [-0.2, -0.15) is 4.31 Å². The quantitative estimate of drug-likeness (QED) is 0.585. The van der Waals surface area contributed by atoms with Crippen LogP contribution < -0.4 is 5.32 Å². The molecular weight excluding hydrogens is 406 g/mol. The Morgan fingerprint density at radius 1 is 1.25 bits per heavy atom. The molecule has 3 rings (SSSR count). The van der Waals surface area contributed by atoms with Crippen LogP contribution in [-0.4, -0.2) is 36.1 Å². The van der Waals surface area contributed by atoms with E-state index in [9.17, 15) is 23.3 Å². The van der Waals surface area contributed by atoms with Crippen LogP contribution in [0.15, 0.2) is 47.4 Å². The van der Waals surface area contributed by atoms with Gasteiger partial charge in [0.05, 0.1) is 21.1 Å². The third-order valence-corrected chi connectivity index (χ3v) is 6.86. The van der Waals surface area contributed by atoms with Crippen molar-refractivity contribution < 1.29 is 18.1 Å². The second-order valence-electron chi connectivity index (χ2n) is 6.42. The van der Waals surface area contributed by atoms with Crippen molar-refractivity contribution in [2.24, 2.45) is 0 Å². The lowest BCUT2D eigenvalue weighted by Gasteiger charge is -2.23. The van der Waals surface area contributed by atoms with Crippen LogP contribution in [0.25, 0.3) is 0 Å². The molecule has 1 aliphatic heterocycles. The highest BCUT2D eigenvalue weighted by atomic mass is 35.5. The van der Waals surface area contributed by atoms with Crippen LogP contribution in [-0.2, 0) is 14.8 Å². The highest BCUT2D eigenvalue weighted by Gasteiger charge is 2.39. The normalized spacial score (nSPS) is 17.4. The Morgan fingerprint density at radius 3 is 2.57 bits per heavy atom. The maximum Gasteiger partial charge on any atom is 0.274 e. The van der Waals surface area contributed by atoms with Crippen LogP contribution in [0.4, 0.5) is 11.4 Å². The fraction of sp³-hybridized carbons (Fsp3) is 0.278. The fourth-order valence-electron chi connectivity index (χ4n) is 3.20. The molecule has 1 N–H and O–H groups in total. The molecule has 0 spiro atoms. The zero-order valence-corrected chi connectivity index (χ0v) is 16.5. The Labute approximate surface area is 167 Å². The molecule has 148 valence electrons. The fourth-order valence-corrected chi connectivity index (χ4v) is 4.99. The Balaban J connectivity index is 1.85. The maximum atomic E-state index is 12.9. The number of anilines is 1. The van der Waals surface area contributed by atoms with Gasteiger partial charge in [0.25, 0.3) is 5.69 Å². The third kappa shape index (κ3) is 3.87. The molecule has 28 heavy (non-hydrogen) atoms. The zero-order chi connectivity index (χ0) is 20.5. The van der Waals surface area contributed by atoms with Gasteiger partial charge in [-0.05, 0) is 50.1 Å². The maximum absolute atomic E-state index is 12.9. The van der Waals surface area contributed by atoms with Gasteiger partial charge in [-0.15, -0.1) is 0 Å². The summed E-state index contributed by atoms with van der Waals surface area (Å²) in [4.78, 5) is 23.4. The van der Waals surface area contributed by atoms with Gasteiger partial charge in [0.15, 0.2) is 0 Å². The number of hydrogen-bond acceptors (Lipinski definition) is 5. The van der Waals surface area contributed by atoms with Gasteiger partial charge in [-0.3, -0.25) is 14.9 Å². The number of benzene rings is 2. The van der Waals surface area contributed by atoms with Gasteiger partial charge >= 0.3 is 0 Å². The summed E-state index contributed by atoms with van der Waals surface area (Å²) in [5, 5.41) is 14.1. The van der Waals surface area contributed by atoms with Gasteiger partial charge in [0, 0.05) is 17.6 Å². The van der Waals surface area contributed by atoms with Gasteiger partial charge in [0.2, 0.25) is 15.9 Å². The van der Waals surface area contributed by atoms with Crippen molar-refractivity contribution in [2.45, 2.75) is 30.7 Å². The Kier molecular flexibility index (Phi) is 5.69. The molecule has 1 fully saturated rings. The highest BCUT2D eigenvalue weighted by Crippen LogP contribution is 2.29. The van der Waals surface area contributed by atoms with E-state index in [2.05, 4.69) is 5.32 Å². The molecule has 1 heterocycles. The average Bonchev–Trinajstić information content (AvgIpc) is 3.14. The van der Waals surface area contributed by atoms with Crippen molar-refractivity contribution in [1.29, 1.82) is 0 Å². The summed E-state index contributed by atoms with van der Waals surface area (Å²) in [5.74, 6) is -0.515. The van der Waals surface area contributed by atoms with E-state index in [1.54, 1.807) is 6.07 Å². The average molecular weight is 424 g/mol. The molecule has 1 saturated heterocycles. The SMILES string of the molecule is Cc1c(NC(=O)[C@@H]2CCCN2S(=O)(=O)c2ccc(Cl)cc2)cccc1[N+](=O)[O-]. The number of nitrogens with one attached hydrogen (secondary N) is 1. The van der Waals surface area contributed by atoms with E-state index in [0.29, 0.717) is 23.4 Å². The number of nitrogens with zero attached hydrogens (tertiary/aromatic N) is 2. The molecule has 0 radical (unpaired) electrons. The molecule has 8 nitrogen and oxygen atoms in total. The summed E-state index contributed by atoms with van der Waals surface area (Å²) in [5.41, 5.74) is 0.482. The third-order valence-electron chi connectivity index (χ3n) is 4.69. The van der Waals surface area contributed by atoms with E-state index in [-0.39, 0.29) is 22.8 Å². The molecule has 0 bridgehead atoms. The van der Waals surface area contributed by atoms with Crippen LogP contribution in [0.3, 0.4) is 0 Å². The highest BCUT2D eigenvalue weighted by molar-refractivity contribution is 7.89. The zero-order valence-electron chi connectivity index (χ0n) is 15.0. The van der Waals surface area contributed by atoms with Crippen molar-refractivity contribution in [2.75, 3.05) is 11.9 Å². The number of carbonyl (C=O) groups excluding carboxylic acids is 1. The van der Waals surface area contributed by atoms with Crippen LogP contribution in [0.1, 0.15) is 18.4 Å². The molecule has 0 saturated carbocycles. The van der Waals surface area contributed by atoms with Crippen molar-refractivity contribution in [3.63, 3.8) is 0 Å². The van der Waals surface area contributed by atoms with E-state index in [1.807, 2.05) is 0 Å². The summed E-state index contributed by atoms with van der Waals surface area (Å²) in [6.07, 6.45) is 0.908. The predicted octanol–water partition coefficient (Wildman–Crippen LogP) is 3.35. The van der Waals surface area contributed by atoms with Gasteiger partial charge in [0.1, 0.15) is 6.04 Å². The van der Waals surface area contributed by atoms with Gasteiger partial charge in [-0.25, -0.2) is 8.42 Å². The largest absolute Gasteiger partial charge is 0.324 e. The lowest BCUT2D eigenvalue weighted by atomic mass is 10.1. The Morgan fingerprint density at radius 2 is 1.93 bits per heavy atom. The molecule has 0 aliphatic carbocycles. The Bertz CT molecular complexity index is 1020. The standard InChI is InChI=1S/C18H18ClN3O5S/c1-12-15(4-2-5-16(12)22(24)25)20-18(23)17-6-3-11-21(17)28(26,27)14-9-7-13(19)8-10-14/h2,4-5,7-10,17H,3,6,11H2,1H3,(H,20,23)/t17-/m0/s1. The number of nitro benzene ring substituents is 1. The van der Waals surface area contributed by atoms with Crippen LogP contribution in [0, 0.1) is 17.0 Å². The first-order chi connectivity index (χ1) is 13.2. The van der Waals surface area contributed by atoms with E-state index in [4.69, 9.17) is 11.6 Å². The number of halogens is 1. The molecule has 1 amide bonds. The van der Waals surface area contributed by atoms with Crippen LogP contribution in [0.2, 0.25) is 5.02 Å². The minimum atomic E-state index is -3.87. The monoisotopic (exact) mass is 423 g/mol. The van der Waals surface area contributed by atoms with Crippen molar-refractivity contribution in [1.82, 2.24) is 4.31 Å². The smallest absolute Gasteiger partial charge is 0.274 e. The molecule has 2 aromatic rings. The molecule has 0 aromatic heterocycles. The summed E-state index contributed by atoms with van der Waals surface area (Å²) in [7, 11) is -3.87. The predicted molar refractivity (Wildman–Crippen MR) is 105 cm³/mol. The minimum absolute atomic E-state index is 0.0585. The molecular formula is C18H18ClN3O5S. The lowest BCUT2D eigenvalue weighted by Crippen LogP contribution is -2.43. The number of hydrogen-bond donors (Lipinski definition) is 1. The number of nitro groups is 1. The summed E-state index contributed by atoms with van der Waals surface area (Å²) in [6, 6.07) is 9.23. The summed E-state index contributed by atoms with van der Waals surface area (Å²) < 4.78 is 27.0. The van der Waals surface area contributed by atoms with E-state index in [1.165, 1.54) is 43.3 Å². The first kappa shape index (κ1) is 20.2. The van der Waals surface area contributed by atoms with Gasteiger partial charge < -0.3 is 5.32 Å². The molecule has 0 unspecified atom stereocenters. The number of carbonyl (C=O) groups is 1. The van der Waals surface area contributed by atoms with Crippen molar-refractivity contribution in [3.8, 4) is 0 Å². The molecule has 2 aromatic carbocycles. The number of sulfonamides is 1.